The number of sulfonamides is 1. The van der Waals surface area contributed by atoms with Crippen molar-refractivity contribution in [3.63, 3.8) is 0 Å². The Morgan fingerprint density at radius 1 is 0.929 bits per heavy atom. The van der Waals surface area contributed by atoms with Crippen LogP contribution in [0.2, 0.25) is 0 Å². The molecule has 0 saturated carbocycles. The Morgan fingerprint density at radius 2 is 1.64 bits per heavy atom. The van der Waals surface area contributed by atoms with E-state index in [4.69, 9.17) is 9.47 Å². The summed E-state index contributed by atoms with van der Waals surface area (Å²) in [7, 11) is -2.24. The molecule has 2 atom stereocenters. The Bertz CT molecular complexity index is 2630. The second kappa shape index (κ2) is 22.0. The molecule has 376 valence electrons. The number of piperazine rings is 1. The van der Waals surface area contributed by atoms with Gasteiger partial charge in [0.2, 0.25) is 33.7 Å². The first-order valence-electron chi connectivity index (χ1n) is 22.6. The van der Waals surface area contributed by atoms with E-state index in [0.717, 1.165) is 60.1 Å². The lowest BCUT2D eigenvalue weighted by Gasteiger charge is -2.36. The van der Waals surface area contributed by atoms with Crippen molar-refractivity contribution in [2.24, 2.45) is 4.99 Å². The molecule has 24 heteroatoms. The SMILES string of the molecule is CN(c1ccccc1CNC1(C)N=C(Nc2ccc(N3CCN(CCOCCOCCNC(=O)CNc4cccc5c4C(=O)N(C4CCC(=O)NC4=O)C5=O)CC3)cc2)NC=C1C(F)(F)F)S(C)(=O)=O. The van der Waals surface area contributed by atoms with E-state index in [-0.39, 0.29) is 67.8 Å². The third kappa shape index (κ3) is 12.4. The van der Waals surface area contributed by atoms with Crippen LogP contribution in [0.5, 0.6) is 0 Å². The van der Waals surface area contributed by atoms with Gasteiger partial charge in [0.25, 0.3) is 11.8 Å². The van der Waals surface area contributed by atoms with Crippen LogP contribution >= 0.6 is 0 Å². The number of hydrogen-bond acceptors (Lipinski definition) is 16. The Kier molecular flexibility index (Phi) is 16.1. The smallest absolute Gasteiger partial charge is 0.378 e. The van der Waals surface area contributed by atoms with E-state index in [9.17, 15) is 45.6 Å². The summed E-state index contributed by atoms with van der Waals surface area (Å²) in [6.07, 6.45) is -2.75. The Morgan fingerprint density at radius 3 is 2.34 bits per heavy atom. The maximum absolute atomic E-state index is 14.2. The van der Waals surface area contributed by atoms with Gasteiger partial charge in [-0.2, -0.15) is 13.2 Å². The molecule has 4 heterocycles. The molecule has 0 radical (unpaired) electrons. The maximum atomic E-state index is 14.2. The lowest BCUT2D eigenvalue weighted by molar-refractivity contribution is -0.136. The highest BCUT2D eigenvalue weighted by Crippen LogP contribution is 2.37. The molecule has 4 aliphatic heterocycles. The van der Waals surface area contributed by atoms with Crippen molar-refractivity contribution in [3.05, 3.63) is 95.2 Å². The van der Waals surface area contributed by atoms with Crippen molar-refractivity contribution in [2.45, 2.75) is 44.2 Å². The number of halogens is 3. The van der Waals surface area contributed by atoms with E-state index in [2.05, 4.69) is 46.7 Å². The second-order valence-corrected chi connectivity index (χ2v) is 19.1. The minimum Gasteiger partial charge on any atom is -0.378 e. The minimum absolute atomic E-state index is 0.00876. The van der Waals surface area contributed by atoms with E-state index in [1.807, 2.05) is 24.3 Å². The van der Waals surface area contributed by atoms with Crippen LogP contribution in [-0.2, 0) is 40.4 Å². The normalized spacial score (nSPS) is 19.8. The molecular weight excluding hydrogens is 940 g/mol. The first-order chi connectivity index (χ1) is 33.3. The van der Waals surface area contributed by atoms with Gasteiger partial charge in [0.1, 0.15) is 11.7 Å². The van der Waals surface area contributed by atoms with Crippen molar-refractivity contribution in [1.82, 2.24) is 31.1 Å². The molecule has 7 rings (SSSR count). The highest BCUT2D eigenvalue weighted by molar-refractivity contribution is 7.92. The molecule has 2 saturated heterocycles. The maximum Gasteiger partial charge on any atom is 0.417 e. The van der Waals surface area contributed by atoms with Gasteiger partial charge in [-0.05, 0) is 61.4 Å². The molecule has 0 spiro atoms. The minimum atomic E-state index is -4.72. The van der Waals surface area contributed by atoms with Gasteiger partial charge in [-0.3, -0.25) is 48.7 Å². The van der Waals surface area contributed by atoms with Crippen LogP contribution in [0.25, 0.3) is 0 Å². The van der Waals surface area contributed by atoms with Crippen molar-refractivity contribution in [3.8, 4) is 0 Å². The second-order valence-electron chi connectivity index (χ2n) is 17.0. The summed E-state index contributed by atoms with van der Waals surface area (Å²) in [4.78, 5) is 72.6. The fourth-order valence-corrected chi connectivity index (χ4v) is 8.90. The lowest BCUT2D eigenvalue weighted by atomic mass is 10.0. The van der Waals surface area contributed by atoms with Crippen LogP contribution in [0.1, 0.15) is 46.0 Å². The summed E-state index contributed by atoms with van der Waals surface area (Å²) in [5.74, 6) is -2.75. The van der Waals surface area contributed by atoms with Crippen LogP contribution < -0.4 is 41.1 Å². The number of carbonyl (C=O) groups excluding carboxylic acids is 5. The summed E-state index contributed by atoms with van der Waals surface area (Å²) in [6.45, 7) is 6.62. The fraction of sp³-hybridized carbons (Fsp3) is 0.435. The third-order valence-electron chi connectivity index (χ3n) is 12.2. The number of nitrogens with zero attached hydrogens (tertiary/aromatic N) is 5. The number of anilines is 4. The van der Waals surface area contributed by atoms with Crippen molar-refractivity contribution in [2.75, 3.05) is 105 Å². The number of hydrogen-bond donors (Lipinski definition) is 6. The number of ether oxygens (including phenoxy) is 2. The number of piperidine rings is 1. The van der Waals surface area contributed by atoms with Crippen LogP contribution in [0.4, 0.5) is 35.9 Å². The first kappa shape index (κ1) is 51.3. The lowest BCUT2D eigenvalue weighted by Crippen LogP contribution is -2.54. The third-order valence-corrected chi connectivity index (χ3v) is 13.4. The zero-order valence-corrected chi connectivity index (χ0v) is 39.7. The van der Waals surface area contributed by atoms with Gasteiger partial charge in [-0.25, -0.2) is 13.4 Å². The molecule has 3 aromatic carbocycles. The molecule has 3 aromatic rings. The highest BCUT2D eigenvalue weighted by Gasteiger charge is 2.48. The molecule has 20 nitrogen and oxygen atoms in total. The predicted molar refractivity (Wildman–Crippen MR) is 255 cm³/mol. The number of amides is 5. The highest BCUT2D eigenvalue weighted by atomic mass is 32.2. The Labute approximate surface area is 403 Å². The van der Waals surface area contributed by atoms with E-state index in [1.54, 1.807) is 36.4 Å². The summed E-state index contributed by atoms with van der Waals surface area (Å²) in [5.41, 5.74) is -0.0155. The number of carbonyl (C=O) groups is 5. The molecule has 2 fully saturated rings. The number of rotatable bonds is 20. The molecule has 5 amide bonds. The monoisotopic (exact) mass is 995 g/mol. The molecule has 4 aliphatic rings. The Balaban J connectivity index is 0.770. The van der Waals surface area contributed by atoms with Crippen LogP contribution in [-0.4, -0.2) is 157 Å². The van der Waals surface area contributed by atoms with Gasteiger partial charge in [-0.15, -0.1) is 0 Å². The zero-order valence-electron chi connectivity index (χ0n) is 38.9. The standard InChI is InChI=1S/C46H56F3N11O9S/c1-45(53-27-30-7-4-5-10-35(30)57(2)70(3,66)67)37(46(47,48)49)28-52-44(56-45)54-31-11-13-32(14-12-31)59-20-18-58(19-21-59)22-24-69-26-25-68-23-17-50-39(62)29-51-34-9-6-8-33-40(34)43(65)60(42(33)64)36-15-16-38(61)55-41(36)63/h4-14,28,36,51,53H,15-27,29H2,1-3H3,(H,50,62)(H2,52,54,56)(H,55,61,63). The predicted octanol–water partition coefficient (Wildman–Crippen LogP) is 2.19. The van der Waals surface area contributed by atoms with Crippen LogP contribution in [0, 0.1) is 0 Å². The number of imide groups is 2. The number of nitrogens with one attached hydrogen (secondary N) is 6. The number of aliphatic imine (C=N–C) groups is 1. The average molecular weight is 996 g/mol. The largest absolute Gasteiger partial charge is 0.417 e. The van der Waals surface area contributed by atoms with Gasteiger partial charge < -0.3 is 35.6 Å². The number of para-hydroxylation sites is 1. The molecule has 2 unspecified atom stereocenters. The topological polar surface area (TPSA) is 235 Å². The molecule has 6 N–H and O–H groups in total. The molecule has 0 aromatic heterocycles. The quantitative estimate of drug-likeness (QED) is 0.0704. The van der Waals surface area contributed by atoms with Gasteiger partial charge in [0.15, 0.2) is 0 Å². The zero-order chi connectivity index (χ0) is 50.2. The van der Waals surface area contributed by atoms with Crippen molar-refractivity contribution < 1.29 is 55.0 Å². The van der Waals surface area contributed by atoms with Gasteiger partial charge in [0.05, 0.1) is 61.6 Å². The molecule has 0 aliphatic carbocycles. The van der Waals surface area contributed by atoms with Crippen LogP contribution in [0.15, 0.2) is 83.5 Å². The van der Waals surface area contributed by atoms with Crippen molar-refractivity contribution >= 4 is 68.3 Å². The molecule has 70 heavy (non-hydrogen) atoms. The van der Waals surface area contributed by atoms with E-state index in [1.165, 1.54) is 20.0 Å². The van der Waals surface area contributed by atoms with Crippen molar-refractivity contribution in [1.29, 1.82) is 0 Å². The number of benzene rings is 3. The summed E-state index contributed by atoms with van der Waals surface area (Å²) in [5, 5.41) is 16.4. The average Bonchev–Trinajstić information content (AvgIpc) is 3.57. The summed E-state index contributed by atoms with van der Waals surface area (Å²) >= 11 is 0. The van der Waals surface area contributed by atoms with Gasteiger partial charge in [-0.1, -0.05) is 24.3 Å². The summed E-state index contributed by atoms with van der Waals surface area (Å²) < 4.78 is 79.6. The molecule has 0 bridgehead atoms. The fourth-order valence-electron chi connectivity index (χ4n) is 8.37. The van der Waals surface area contributed by atoms with E-state index < -0.39 is 57.1 Å². The molecular formula is C46H56F3N11O9S. The van der Waals surface area contributed by atoms with Gasteiger partial charge in [0, 0.05) is 82.5 Å². The first-order valence-corrected chi connectivity index (χ1v) is 24.4. The van der Waals surface area contributed by atoms with Gasteiger partial charge >= 0.3 is 6.18 Å². The number of fused-ring (bicyclic) bond motifs is 1. The number of alkyl halides is 3. The number of guanidine groups is 1. The van der Waals surface area contributed by atoms with E-state index in [0.29, 0.717) is 36.8 Å². The van der Waals surface area contributed by atoms with E-state index >= 15 is 0 Å². The van der Waals surface area contributed by atoms with Crippen LogP contribution in [0.3, 0.4) is 0 Å². The Hall–Kier alpha value is -6.60. The summed E-state index contributed by atoms with van der Waals surface area (Å²) in [6, 6.07) is 17.6.